The standard InChI is InChI=1S/C13H13NO3/c1-7-4-8(2)11(9(3)5-7)12-14-10(6-17-12)13(15)16/h4-6H,1-3H3,(H,15,16). The monoisotopic (exact) mass is 231 g/mol. The molecule has 0 aliphatic heterocycles. The summed E-state index contributed by atoms with van der Waals surface area (Å²) in [6.07, 6.45) is 1.16. The summed E-state index contributed by atoms with van der Waals surface area (Å²) in [5, 5.41) is 8.81. The van der Waals surface area contributed by atoms with E-state index in [-0.39, 0.29) is 5.69 Å². The maximum absolute atomic E-state index is 10.7. The third-order valence-electron chi connectivity index (χ3n) is 2.61. The van der Waals surface area contributed by atoms with Gasteiger partial charge in [-0.2, -0.15) is 0 Å². The van der Waals surface area contributed by atoms with Crippen molar-refractivity contribution < 1.29 is 14.3 Å². The number of nitrogens with zero attached hydrogens (tertiary/aromatic N) is 1. The van der Waals surface area contributed by atoms with Gasteiger partial charge in [0, 0.05) is 5.56 Å². The molecular formula is C13H13NO3. The molecule has 1 aromatic carbocycles. The summed E-state index contributed by atoms with van der Waals surface area (Å²) in [7, 11) is 0. The van der Waals surface area contributed by atoms with Gasteiger partial charge >= 0.3 is 5.97 Å². The van der Waals surface area contributed by atoms with E-state index < -0.39 is 5.97 Å². The minimum Gasteiger partial charge on any atom is -0.476 e. The van der Waals surface area contributed by atoms with Gasteiger partial charge in [-0.25, -0.2) is 9.78 Å². The summed E-state index contributed by atoms with van der Waals surface area (Å²) < 4.78 is 5.22. The van der Waals surface area contributed by atoms with E-state index in [4.69, 9.17) is 9.52 Å². The number of aryl methyl sites for hydroxylation is 3. The smallest absolute Gasteiger partial charge is 0.357 e. The summed E-state index contributed by atoms with van der Waals surface area (Å²) in [5.74, 6) is -0.722. The highest BCUT2D eigenvalue weighted by Gasteiger charge is 2.15. The second kappa shape index (κ2) is 4.05. The number of rotatable bonds is 2. The van der Waals surface area contributed by atoms with E-state index in [0.29, 0.717) is 5.89 Å². The van der Waals surface area contributed by atoms with Crippen LogP contribution in [0.1, 0.15) is 27.2 Å². The molecule has 88 valence electrons. The van der Waals surface area contributed by atoms with Gasteiger partial charge in [-0.3, -0.25) is 0 Å². The summed E-state index contributed by atoms with van der Waals surface area (Å²) >= 11 is 0. The van der Waals surface area contributed by atoms with Gasteiger partial charge in [0.25, 0.3) is 0 Å². The average molecular weight is 231 g/mol. The molecule has 17 heavy (non-hydrogen) atoms. The molecule has 0 aliphatic rings. The summed E-state index contributed by atoms with van der Waals surface area (Å²) in [6, 6.07) is 4.04. The number of aromatic nitrogens is 1. The van der Waals surface area contributed by atoms with Crippen molar-refractivity contribution in [3.8, 4) is 11.5 Å². The zero-order chi connectivity index (χ0) is 12.6. The van der Waals surface area contributed by atoms with Crippen molar-refractivity contribution in [1.82, 2.24) is 4.98 Å². The minimum atomic E-state index is -1.08. The number of aromatic carboxylic acids is 1. The molecule has 0 saturated carbocycles. The molecule has 0 spiro atoms. The van der Waals surface area contributed by atoms with Crippen molar-refractivity contribution >= 4 is 5.97 Å². The molecule has 2 rings (SSSR count). The first-order valence-electron chi connectivity index (χ1n) is 5.26. The Labute approximate surface area is 98.9 Å². The number of hydrogen-bond donors (Lipinski definition) is 1. The first-order chi connectivity index (χ1) is 7.99. The van der Waals surface area contributed by atoms with Gasteiger partial charge in [-0.05, 0) is 31.9 Å². The van der Waals surface area contributed by atoms with E-state index in [9.17, 15) is 4.79 Å². The third kappa shape index (κ3) is 2.06. The van der Waals surface area contributed by atoms with Gasteiger partial charge in [0.1, 0.15) is 6.26 Å². The van der Waals surface area contributed by atoms with Gasteiger partial charge in [0.15, 0.2) is 5.69 Å². The average Bonchev–Trinajstić information content (AvgIpc) is 2.65. The molecule has 0 saturated heterocycles. The highest BCUT2D eigenvalue weighted by atomic mass is 16.4. The number of hydrogen-bond acceptors (Lipinski definition) is 3. The highest BCUT2D eigenvalue weighted by molar-refractivity contribution is 5.85. The maximum Gasteiger partial charge on any atom is 0.357 e. The van der Waals surface area contributed by atoms with Crippen LogP contribution in [0.3, 0.4) is 0 Å². The number of carboxylic acid groups (broad SMARTS) is 1. The third-order valence-corrected chi connectivity index (χ3v) is 2.61. The summed E-state index contributed by atoms with van der Waals surface area (Å²) in [6.45, 7) is 5.93. The van der Waals surface area contributed by atoms with Crippen LogP contribution in [0.15, 0.2) is 22.8 Å². The molecule has 0 bridgehead atoms. The maximum atomic E-state index is 10.7. The van der Waals surface area contributed by atoms with E-state index in [0.717, 1.165) is 28.5 Å². The predicted molar refractivity (Wildman–Crippen MR) is 63.1 cm³/mol. The fourth-order valence-corrected chi connectivity index (χ4v) is 2.00. The van der Waals surface area contributed by atoms with Crippen LogP contribution in [0.4, 0.5) is 0 Å². The van der Waals surface area contributed by atoms with Crippen molar-refractivity contribution in [3.05, 3.63) is 40.8 Å². The molecule has 0 amide bonds. The van der Waals surface area contributed by atoms with Crippen LogP contribution in [0, 0.1) is 20.8 Å². The van der Waals surface area contributed by atoms with E-state index >= 15 is 0 Å². The van der Waals surface area contributed by atoms with Crippen molar-refractivity contribution in [3.63, 3.8) is 0 Å². The second-order valence-corrected chi connectivity index (χ2v) is 4.12. The van der Waals surface area contributed by atoms with E-state index in [1.165, 1.54) is 0 Å². The molecule has 0 fully saturated rings. The largest absolute Gasteiger partial charge is 0.476 e. The SMILES string of the molecule is Cc1cc(C)c(-c2nc(C(=O)O)co2)c(C)c1. The normalized spacial score (nSPS) is 10.5. The minimum absolute atomic E-state index is 0.0700. The van der Waals surface area contributed by atoms with Gasteiger partial charge in [0.05, 0.1) is 0 Å². The number of benzene rings is 1. The van der Waals surface area contributed by atoms with E-state index in [1.54, 1.807) is 0 Å². The molecule has 1 aromatic heterocycles. The first-order valence-corrected chi connectivity index (χ1v) is 5.26. The second-order valence-electron chi connectivity index (χ2n) is 4.12. The van der Waals surface area contributed by atoms with Crippen molar-refractivity contribution in [2.24, 2.45) is 0 Å². The Morgan fingerprint density at radius 1 is 1.24 bits per heavy atom. The van der Waals surface area contributed by atoms with Gasteiger partial charge in [-0.15, -0.1) is 0 Å². The lowest BCUT2D eigenvalue weighted by Crippen LogP contribution is -1.96. The Bertz CT molecular complexity index is 561. The van der Waals surface area contributed by atoms with Crippen LogP contribution in [0.5, 0.6) is 0 Å². The van der Waals surface area contributed by atoms with Crippen molar-refractivity contribution in [1.29, 1.82) is 0 Å². The fraction of sp³-hybridized carbons (Fsp3) is 0.231. The number of carboxylic acids is 1. The van der Waals surface area contributed by atoms with Crippen LogP contribution >= 0.6 is 0 Å². The Morgan fingerprint density at radius 3 is 2.29 bits per heavy atom. The van der Waals surface area contributed by atoms with Gasteiger partial charge < -0.3 is 9.52 Å². The van der Waals surface area contributed by atoms with Crippen molar-refractivity contribution in [2.45, 2.75) is 20.8 Å². The molecule has 0 radical (unpaired) electrons. The number of carbonyl (C=O) groups is 1. The van der Waals surface area contributed by atoms with Crippen LogP contribution in [0.25, 0.3) is 11.5 Å². The molecule has 1 N–H and O–H groups in total. The van der Waals surface area contributed by atoms with Crippen LogP contribution in [0.2, 0.25) is 0 Å². The highest BCUT2D eigenvalue weighted by Crippen LogP contribution is 2.27. The van der Waals surface area contributed by atoms with Crippen LogP contribution in [-0.4, -0.2) is 16.1 Å². The van der Waals surface area contributed by atoms with E-state index in [2.05, 4.69) is 4.98 Å². The molecule has 0 aliphatic carbocycles. The molecule has 1 heterocycles. The molecule has 0 atom stereocenters. The van der Waals surface area contributed by atoms with Crippen molar-refractivity contribution in [2.75, 3.05) is 0 Å². The predicted octanol–water partition coefficient (Wildman–Crippen LogP) is 2.97. The molecule has 0 unspecified atom stereocenters. The quantitative estimate of drug-likeness (QED) is 0.863. The Balaban J connectivity index is 2.56. The molecular weight excluding hydrogens is 218 g/mol. The summed E-state index contributed by atoms with van der Waals surface area (Å²) in [4.78, 5) is 14.7. The lowest BCUT2D eigenvalue weighted by molar-refractivity contribution is 0.0690. The Hall–Kier alpha value is -2.10. The topological polar surface area (TPSA) is 63.3 Å². The Morgan fingerprint density at radius 2 is 1.82 bits per heavy atom. The van der Waals surface area contributed by atoms with Gasteiger partial charge in [-0.1, -0.05) is 17.7 Å². The van der Waals surface area contributed by atoms with Crippen LogP contribution < -0.4 is 0 Å². The van der Waals surface area contributed by atoms with Crippen LogP contribution in [-0.2, 0) is 0 Å². The lowest BCUT2D eigenvalue weighted by Gasteiger charge is -2.07. The zero-order valence-corrected chi connectivity index (χ0v) is 9.94. The summed E-state index contributed by atoms with van der Waals surface area (Å²) in [5.41, 5.74) is 4.01. The number of oxazole rings is 1. The molecule has 2 aromatic rings. The molecule has 4 nitrogen and oxygen atoms in total. The fourth-order valence-electron chi connectivity index (χ4n) is 2.00. The first kappa shape index (κ1) is 11.4. The Kier molecular flexibility index (Phi) is 2.71. The lowest BCUT2D eigenvalue weighted by atomic mass is 10.00. The zero-order valence-electron chi connectivity index (χ0n) is 9.94. The molecule has 4 heteroatoms. The van der Waals surface area contributed by atoms with Gasteiger partial charge in [0.2, 0.25) is 5.89 Å². The van der Waals surface area contributed by atoms with E-state index in [1.807, 2.05) is 32.9 Å².